The van der Waals surface area contributed by atoms with Crippen molar-refractivity contribution in [3.8, 4) is 0 Å². The number of rotatable bonds is 12. The van der Waals surface area contributed by atoms with Gasteiger partial charge in [0.1, 0.15) is 12.6 Å². The molecule has 2 amide bonds. The molecule has 0 saturated carbocycles. The summed E-state index contributed by atoms with van der Waals surface area (Å²) in [5, 5.41) is 3.58. The van der Waals surface area contributed by atoms with Gasteiger partial charge >= 0.3 is 0 Å². The summed E-state index contributed by atoms with van der Waals surface area (Å²) >= 11 is 6.10. The van der Waals surface area contributed by atoms with Crippen molar-refractivity contribution in [2.45, 2.75) is 59.2 Å². The van der Waals surface area contributed by atoms with Crippen molar-refractivity contribution in [1.82, 2.24) is 10.2 Å². The van der Waals surface area contributed by atoms with Crippen LogP contribution in [0.1, 0.15) is 42.5 Å². The fourth-order valence-corrected chi connectivity index (χ4v) is 5.65. The molecule has 0 radical (unpaired) electrons. The molecule has 2 unspecified atom stereocenters. The Kier molecular flexibility index (Phi) is 10.8. The molecular weight excluding hydrogens is 546 g/mol. The number of benzene rings is 3. The second-order valence-electron chi connectivity index (χ2n) is 10.2. The summed E-state index contributed by atoms with van der Waals surface area (Å²) < 4.78 is 27.2. The number of nitrogens with zero attached hydrogens (tertiary/aromatic N) is 2. The fourth-order valence-electron chi connectivity index (χ4n) is 4.56. The Morgan fingerprint density at radius 2 is 1.50 bits per heavy atom. The lowest BCUT2D eigenvalue weighted by atomic mass is 10.0. The van der Waals surface area contributed by atoms with Crippen LogP contribution in [-0.4, -0.2) is 50.0 Å². The molecule has 2 atom stereocenters. The van der Waals surface area contributed by atoms with Crippen molar-refractivity contribution >= 4 is 39.1 Å². The summed E-state index contributed by atoms with van der Waals surface area (Å²) in [6.07, 6.45) is 2.08. The highest BCUT2D eigenvalue weighted by molar-refractivity contribution is 7.92. The largest absolute Gasteiger partial charge is 0.352 e. The SMILES string of the molecule is CCC(C)NC(=O)C(Cc1ccccc1)N(Cc1ccc(Cl)cc1)C(=O)CN(c1c(C)cccc1C)S(C)(=O)=O. The van der Waals surface area contributed by atoms with Crippen LogP contribution in [0, 0.1) is 13.8 Å². The Labute approximate surface area is 243 Å². The average Bonchev–Trinajstić information content (AvgIpc) is 2.90. The molecular formula is C31H38ClN3O4S. The number of carbonyl (C=O) groups excluding carboxylic acids is 2. The number of nitrogens with one attached hydrogen (secondary N) is 1. The topological polar surface area (TPSA) is 86.8 Å². The smallest absolute Gasteiger partial charge is 0.244 e. The first-order valence-electron chi connectivity index (χ1n) is 13.3. The molecule has 3 rings (SSSR count). The van der Waals surface area contributed by atoms with Crippen molar-refractivity contribution in [3.63, 3.8) is 0 Å². The average molecular weight is 584 g/mol. The van der Waals surface area contributed by atoms with Crippen LogP contribution in [0.2, 0.25) is 5.02 Å². The van der Waals surface area contributed by atoms with Crippen molar-refractivity contribution in [2.75, 3.05) is 17.1 Å². The zero-order valence-electron chi connectivity index (χ0n) is 23.7. The minimum atomic E-state index is -3.83. The van der Waals surface area contributed by atoms with Gasteiger partial charge in [-0.15, -0.1) is 0 Å². The molecule has 3 aromatic carbocycles. The van der Waals surface area contributed by atoms with E-state index in [4.69, 9.17) is 11.6 Å². The molecule has 0 aliphatic heterocycles. The van der Waals surface area contributed by atoms with Gasteiger partial charge in [-0.1, -0.05) is 79.2 Å². The second-order valence-corrected chi connectivity index (χ2v) is 12.5. The molecule has 9 heteroatoms. The van der Waals surface area contributed by atoms with Crippen molar-refractivity contribution in [1.29, 1.82) is 0 Å². The summed E-state index contributed by atoms with van der Waals surface area (Å²) in [4.78, 5) is 29.4. The van der Waals surface area contributed by atoms with E-state index in [2.05, 4.69) is 5.32 Å². The molecule has 0 aliphatic carbocycles. The van der Waals surface area contributed by atoms with Gasteiger partial charge in [-0.25, -0.2) is 8.42 Å². The second kappa shape index (κ2) is 13.8. The van der Waals surface area contributed by atoms with Crippen molar-refractivity contribution < 1.29 is 18.0 Å². The number of amides is 2. The van der Waals surface area contributed by atoms with Gasteiger partial charge in [-0.3, -0.25) is 13.9 Å². The Morgan fingerprint density at radius 3 is 2.05 bits per heavy atom. The van der Waals surface area contributed by atoms with Crippen LogP contribution in [0.5, 0.6) is 0 Å². The highest BCUT2D eigenvalue weighted by Gasteiger charge is 2.34. The zero-order valence-corrected chi connectivity index (χ0v) is 25.3. The first-order chi connectivity index (χ1) is 18.9. The van der Waals surface area contributed by atoms with E-state index in [1.54, 1.807) is 24.3 Å². The first kappa shape index (κ1) is 31.2. The molecule has 214 valence electrons. The van der Waals surface area contributed by atoms with E-state index in [0.29, 0.717) is 10.7 Å². The van der Waals surface area contributed by atoms with Gasteiger partial charge in [0.15, 0.2) is 0 Å². The number of anilines is 1. The zero-order chi connectivity index (χ0) is 29.4. The maximum absolute atomic E-state index is 14.2. The highest BCUT2D eigenvalue weighted by atomic mass is 35.5. The van der Waals surface area contributed by atoms with Crippen LogP contribution in [-0.2, 0) is 32.6 Å². The summed E-state index contributed by atoms with van der Waals surface area (Å²) in [6.45, 7) is 7.17. The number of halogens is 1. The lowest BCUT2D eigenvalue weighted by molar-refractivity contribution is -0.140. The lowest BCUT2D eigenvalue weighted by Crippen LogP contribution is -2.54. The summed E-state index contributed by atoms with van der Waals surface area (Å²) in [7, 11) is -3.83. The Balaban J connectivity index is 2.09. The quantitative estimate of drug-likeness (QED) is 0.314. The van der Waals surface area contributed by atoms with E-state index in [1.165, 1.54) is 4.90 Å². The van der Waals surface area contributed by atoms with Crippen molar-refractivity contribution in [3.05, 3.63) is 100 Å². The van der Waals surface area contributed by atoms with Crippen LogP contribution in [0.15, 0.2) is 72.8 Å². The van der Waals surface area contributed by atoms with Crippen LogP contribution < -0.4 is 9.62 Å². The number of hydrogen-bond acceptors (Lipinski definition) is 4. The van der Waals surface area contributed by atoms with Crippen LogP contribution in [0.4, 0.5) is 5.69 Å². The number of sulfonamides is 1. The number of carbonyl (C=O) groups is 2. The van der Waals surface area contributed by atoms with Crippen molar-refractivity contribution in [2.24, 2.45) is 0 Å². The molecule has 40 heavy (non-hydrogen) atoms. The van der Waals surface area contributed by atoms with Gasteiger partial charge in [0, 0.05) is 24.0 Å². The number of hydrogen-bond donors (Lipinski definition) is 1. The molecule has 0 bridgehead atoms. The monoisotopic (exact) mass is 583 g/mol. The molecule has 0 spiro atoms. The van der Waals surface area contributed by atoms with Crippen LogP contribution in [0.3, 0.4) is 0 Å². The van der Waals surface area contributed by atoms with Gasteiger partial charge in [-0.05, 0) is 61.6 Å². The van der Waals surface area contributed by atoms with E-state index in [1.807, 2.05) is 76.2 Å². The number of aryl methyl sites for hydroxylation is 2. The third-order valence-electron chi connectivity index (χ3n) is 6.91. The minimum Gasteiger partial charge on any atom is -0.352 e. The van der Waals surface area contributed by atoms with E-state index in [-0.39, 0.29) is 24.9 Å². The normalized spacial score (nSPS) is 12.8. The molecule has 0 fully saturated rings. The Morgan fingerprint density at radius 1 is 0.900 bits per heavy atom. The molecule has 7 nitrogen and oxygen atoms in total. The molecule has 0 saturated heterocycles. The third-order valence-corrected chi connectivity index (χ3v) is 8.27. The molecule has 3 aromatic rings. The van der Waals surface area contributed by atoms with Gasteiger partial charge < -0.3 is 10.2 Å². The minimum absolute atomic E-state index is 0.0969. The van der Waals surface area contributed by atoms with Gasteiger partial charge in [0.2, 0.25) is 21.8 Å². The summed E-state index contributed by atoms with van der Waals surface area (Å²) in [5.74, 6) is -0.776. The standard InChI is InChI=1S/C31H38ClN3O4S/c1-6-24(4)33-31(37)28(19-25-13-8-7-9-14-25)34(20-26-15-17-27(32)18-16-26)29(36)21-35(40(5,38)39)30-22(2)11-10-12-23(30)3/h7-18,24,28H,6,19-21H2,1-5H3,(H,33,37). The third kappa shape index (κ3) is 8.32. The molecule has 0 heterocycles. The van der Waals surface area contributed by atoms with Gasteiger partial charge in [0.25, 0.3) is 0 Å². The maximum Gasteiger partial charge on any atom is 0.244 e. The van der Waals surface area contributed by atoms with Crippen LogP contribution >= 0.6 is 11.6 Å². The molecule has 0 aliphatic rings. The van der Waals surface area contributed by atoms with E-state index >= 15 is 0 Å². The molecule has 1 N–H and O–H groups in total. The molecule has 0 aromatic heterocycles. The number of para-hydroxylation sites is 1. The summed E-state index contributed by atoms with van der Waals surface area (Å²) in [6, 6.07) is 21.0. The summed E-state index contributed by atoms with van der Waals surface area (Å²) in [5.41, 5.74) is 3.59. The van der Waals surface area contributed by atoms with E-state index in [9.17, 15) is 18.0 Å². The maximum atomic E-state index is 14.2. The Bertz CT molecular complexity index is 1390. The van der Waals surface area contributed by atoms with E-state index < -0.39 is 28.5 Å². The van der Waals surface area contributed by atoms with Gasteiger partial charge in [0.05, 0.1) is 11.9 Å². The lowest BCUT2D eigenvalue weighted by Gasteiger charge is -2.34. The first-order valence-corrected chi connectivity index (χ1v) is 15.6. The predicted octanol–water partition coefficient (Wildman–Crippen LogP) is 5.28. The van der Waals surface area contributed by atoms with Crippen LogP contribution in [0.25, 0.3) is 0 Å². The fraction of sp³-hybridized carbons (Fsp3) is 0.355. The van der Waals surface area contributed by atoms with Gasteiger partial charge in [-0.2, -0.15) is 0 Å². The predicted molar refractivity (Wildman–Crippen MR) is 162 cm³/mol. The van der Waals surface area contributed by atoms with E-state index in [0.717, 1.165) is 39.2 Å². The Hall–Kier alpha value is -3.36. The highest BCUT2D eigenvalue weighted by Crippen LogP contribution is 2.27.